The standard InChI is InChI=1S/C17H14ClFN2O4S/c18-11-5-7-12(8-6-11)26-10-16(23)25-9-15(22)21-17(24)20-14-4-2-1-3-13(14)19/h1-8H,9-10H2,(H2,20,21,22,24). The highest BCUT2D eigenvalue weighted by Crippen LogP contribution is 2.20. The molecule has 0 saturated heterocycles. The summed E-state index contributed by atoms with van der Waals surface area (Å²) in [4.78, 5) is 35.6. The SMILES string of the molecule is O=C(COC(=O)CSc1ccc(Cl)cc1)NC(=O)Nc1ccccc1F. The van der Waals surface area contributed by atoms with Crippen LogP contribution in [0.25, 0.3) is 0 Å². The van der Waals surface area contributed by atoms with Gasteiger partial charge in [-0.05, 0) is 36.4 Å². The molecule has 26 heavy (non-hydrogen) atoms. The van der Waals surface area contributed by atoms with Gasteiger partial charge in [-0.15, -0.1) is 11.8 Å². The van der Waals surface area contributed by atoms with Crippen LogP contribution in [0.3, 0.4) is 0 Å². The minimum Gasteiger partial charge on any atom is -0.455 e. The molecule has 0 spiro atoms. The number of hydrogen-bond acceptors (Lipinski definition) is 5. The van der Waals surface area contributed by atoms with E-state index in [-0.39, 0.29) is 11.4 Å². The number of hydrogen-bond donors (Lipinski definition) is 2. The zero-order chi connectivity index (χ0) is 18.9. The molecule has 0 fully saturated rings. The number of nitrogens with one attached hydrogen (secondary N) is 2. The number of imide groups is 1. The van der Waals surface area contributed by atoms with Crippen LogP contribution in [0.4, 0.5) is 14.9 Å². The van der Waals surface area contributed by atoms with Crippen molar-refractivity contribution in [3.63, 3.8) is 0 Å². The second-order valence-corrected chi connectivity index (χ2v) is 6.37. The minimum atomic E-state index is -0.924. The maximum Gasteiger partial charge on any atom is 0.326 e. The lowest BCUT2D eigenvalue weighted by Gasteiger charge is -2.08. The number of carbonyl (C=O) groups excluding carboxylic acids is 3. The van der Waals surface area contributed by atoms with Crippen molar-refractivity contribution in [2.24, 2.45) is 0 Å². The normalized spacial score (nSPS) is 10.1. The Morgan fingerprint density at radius 2 is 1.77 bits per heavy atom. The molecule has 0 aliphatic rings. The molecule has 0 radical (unpaired) electrons. The highest BCUT2D eigenvalue weighted by atomic mass is 35.5. The number of carbonyl (C=O) groups is 3. The van der Waals surface area contributed by atoms with E-state index in [4.69, 9.17) is 16.3 Å². The zero-order valence-electron chi connectivity index (χ0n) is 13.3. The molecule has 0 heterocycles. The molecule has 136 valence electrons. The molecule has 0 saturated carbocycles. The van der Waals surface area contributed by atoms with Gasteiger partial charge >= 0.3 is 12.0 Å². The number of rotatable bonds is 6. The Balaban J connectivity index is 1.69. The van der Waals surface area contributed by atoms with E-state index in [1.807, 2.05) is 5.32 Å². The number of anilines is 1. The molecule has 2 rings (SSSR count). The van der Waals surface area contributed by atoms with Gasteiger partial charge in [0.2, 0.25) is 0 Å². The van der Waals surface area contributed by atoms with Crippen LogP contribution in [-0.4, -0.2) is 30.3 Å². The number of benzene rings is 2. The summed E-state index contributed by atoms with van der Waals surface area (Å²) in [6.07, 6.45) is 0. The molecule has 0 aromatic heterocycles. The summed E-state index contributed by atoms with van der Waals surface area (Å²) in [5.41, 5.74) is -0.0749. The van der Waals surface area contributed by atoms with Gasteiger partial charge in [0.05, 0.1) is 11.4 Å². The van der Waals surface area contributed by atoms with Crippen LogP contribution in [0.1, 0.15) is 0 Å². The van der Waals surface area contributed by atoms with E-state index in [1.54, 1.807) is 24.3 Å². The Bertz CT molecular complexity index is 802. The molecule has 2 aromatic rings. The number of esters is 1. The van der Waals surface area contributed by atoms with E-state index in [0.717, 1.165) is 11.0 Å². The van der Waals surface area contributed by atoms with Crippen LogP contribution in [0, 0.1) is 5.82 Å². The average Bonchev–Trinajstić information content (AvgIpc) is 2.61. The van der Waals surface area contributed by atoms with Gasteiger partial charge in [-0.1, -0.05) is 23.7 Å². The number of amides is 3. The maximum atomic E-state index is 13.4. The number of halogens is 2. The fourth-order valence-electron chi connectivity index (χ4n) is 1.74. The first-order valence-electron chi connectivity index (χ1n) is 7.33. The lowest BCUT2D eigenvalue weighted by Crippen LogP contribution is -2.37. The number of ether oxygens (including phenoxy) is 1. The topological polar surface area (TPSA) is 84.5 Å². The van der Waals surface area contributed by atoms with Crippen molar-refractivity contribution in [2.75, 3.05) is 17.7 Å². The number of para-hydroxylation sites is 1. The van der Waals surface area contributed by atoms with E-state index in [2.05, 4.69) is 5.32 Å². The third-order valence-corrected chi connectivity index (χ3v) is 4.15. The van der Waals surface area contributed by atoms with Crippen LogP contribution in [0.2, 0.25) is 5.02 Å². The number of thioether (sulfide) groups is 1. The summed E-state index contributed by atoms with van der Waals surface area (Å²) in [5, 5.41) is 4.70. The van der Waals surface area contributed by atoms with Crippen molar-refractivity contribution in [1.82, 2.24) is 5.32 Å². The molecule has 0 unspecified atom stereocenters. The Labute approximate surface area is 158 Å². The quantitative estimate of drug-likeness (QED) is 0.577. The van der Waals surface area contributed by atoms with Crippen molar-refractivity contribution in [1.29, 1.82) is 0 Å². The molecule has 6 nitrogen and oxygen atoms in total. The van der Waals surface area contributed by atoms with Crippen molar-refractivity contribution in [3.05, 3.63) is 59.4 Å². The summed E-state index contributed by atoms with van der Waals surface area (Å²) in [7, 11) is 0. The first-order chi connectivity index (χ1) is 12.4. The highest BCUT2D eigenvalue weighted by Gasteiger charge is 2.12. The molecular formula is C17H14ClFN2O4S. The predicted octanol–water partition coefficient (Wildman–Crippen LogP) is 3.46. The largest absolute Gasteiger partial charge is 0.455 e. The van der Waals surface area contributed by atoms with E-state index in [9.17, 15) is 18.8 Å². The molecule has 0 aliphatic heterocycles. The van der Waals surface area contributed by atoms with Gasteiger partial charge in [-0.3, -0.25) is 14.9 Å². The minimum absolute atomic E-state index is 0.00364. The second-order valence-electron chi connectivity index (χ2n) is 4.89. The smallest absolute Gasteiger partial charge is 0.326 e. The van der Waals surface area contributed by atoms with Crippen molar-refractivity contribution in [2.45, 2.75) is 4.90 Å². The molecule has 0 aliphatic carbocycles. The second kappa shape index (κ2) is 9.79. The first kappa shape index (κ1) is 19.7. The Morgan fingerprint density at radius 1 is 1.08 bits per heavy atom. The fraction of sp³-hybridized carbons (Fsp3) is 0.118. The molecule has 0 atom stereocenters. The molecule has 2 N–H and O–H groups in total. The van der Waals surface area contributed by atoms with Crippen LogP contribution in [0.5, 0.6) is 0 Å². The van der Waals surface area contributed by atoms with Crippen LogP contribution in [-0.2, 0) is 14.3 Å². The summed E-state index contributed by atoms with van der Waals surface area (Å²) < 4.78 is 18.2. The average molecular weight is 397 g/mol. The van der Waals surface area contributed by atoms with Crippen molar-refractivity contribution in [3.8, 4) is 0 Å². The van der Waals surface area contributed by atoms with Crippen LogP contribution >= 0.6 is 23.4 Å². The summed E-state index contributed by atoms with van der Waals surface area (Å²) in [6, 6.07) is 11.5. The lowest BCUT2D eigenvalue weighted by atomic mass is 10.3. The lowest BCUT2D eigenvalue weighted by molar-refractivity contribution is -0.145. The maximum absolute atomic E-state index is 13.4. The Morgan fingerprint density at radius 3 is 2.46 bits per heavy atom. The van der Waals surface area contributed by atoms with Gasteiger partial charge < -0.3 is 10.1 Å². The molecule has 0 bridgehead atoms. The summed E-state index contributed by atoms with van der Waals surface area (Å²) >= 11 is 6.98. The van der Waals surface area contributed by atoms with Gasteiger partial charge in [0.15, 0.2) is 6.61 Å². The van der Waals surface area contributed by atoms with E-state index in [0.29, 0.717) is 5.02 Å². The van der Waals surface area contributed by atoms with Crippen LogP contribution in [0.15, 0.2) is 53.4 Å². The van der Waals surface area contributed by atoms with Gasteiger partial charge in [0.1, 0.15) is 5.82 Å². The van der Waals surface area contributed by atoms with Crippen molar-refractivity contribution >= 4 is 47.0 Å². The molecule has 2 aromatic carbocycles. The molecular weight excluding hydrogens is 383 g/mol. The van der Waals surface area contributed by atoms with E-state index in [1.165, 1.54) is 30.0 Å². The number of urea groups is 1. The van der Waals surface area contributed by atoms with Gasteiger partial charge in [-0.2, -0.15) is 0 Å². The molecule has 9 heteroatoms. The molecule has 3 amide bonds. The predicted molar refractivity (Wildman–Crippen MR) is 96.7 cm³/mol. The third-order valence-electron chi connectivity index (χ3n) is 2.91. The highest BCUT2D eigenvalue weighted by molar-refractivity contribution is 8.00. The van der Waals surface area contributed by atoms with Crippen molar-refractivity contribution < 1.29 is 23.5 Å². The first-order valence-corrected chi connectivity index (χ1v) is 8.70. The van der Waals surface area contributed by atoms with E-state index >= 15 is 0 Å². The summed E-state index contributed by atoms with van der Waals surface area (Å²) in [5.74, 6) is -2.09. The monoisotopic (exact) mass is 396 g/mol. The third kappa shape index (κ3) is 6.73. The Kier molecular flexibility index (Phi) is 7.43. The fourth-order valence-corrected chi connectivity index (χ4v) is 2.56. The van der Waals surface area contributed by atoms with Gasteiger partial charge in [0.25, 0.3) is 5.91 Å². The van der Waals surface area contributed by atoms with Gasteiger partial charge in [-0.25, -0.2) is 9.18 Å². The van der Waals surface area contributed by atoms with Crippen LogP contribution < -0.4 is 10.6 Å². The zero-order valence-corrected chi connectivity index (χ0v) is 14.9. The van der Waals surface area contributed by atoms with Gasteiger partial charge in [0, 0.05) is 9.92 Å². The van der Waals surface area contributed by atoms with E-state index < -0.39 is 30.3 Å². The Hall–Kier alpha value is -2.58. The summed E-state index contributed by atoms with van der Waals surface area (Å²) in [6.45, 7) is -0.620.